The van der Waals surface area contributed by atoms with Crippen LogP contribution in [0, 0.1) is 21.4 Å². The first-order chi connectivity index (χ1) is 9.02. The van der Waals surface area contributed by atoms with Crippen molar-refractivity contribution in [2.24, 2.45) is 4.99 Å². The number of hydrogen-bond donors (Lipinski definition) is 1. The summed E-state index contributed by atoms with van der Waals surface area (Å²) in [5.41, 5.74) is 1.31. The number of nitrogens with zero attached hydrogens (tertiary/aromatic N) is 4. The first-order valence-corrected chi connectivity index (χ1v) is 5.43. The van der Waals surface area contributed by atoms with E-state index in [9.17, 15) is 10.1 Å². The van der Waals surface area contributed by atoms with Gasteiger partial charge < -0.3 is 9.88 Å². The number of benzene rings is 1. The summed E-state index contributed by atoms with van der Waals surface area (Å²) in [7, 11) is 3.60. The molecule has 2 rings (SSSR count). The van der Waals surface area contributed by atoms with Crippen LogP contribution in [0.15, 0.2) is 23.2 Å². The Morgan fingerprint density at radius 1 is 1.53 bits per heavy atom. The van der Waals surface area contributed by atoms with Crippen LogP contribution in [0.2, 0.25) is 0 Å². The van der Waals surface area contributed by atoms with Crippen molar-refractivity contribution >= 4 is 28.6 Å². The summed E-state index contributed by atoms with van der Waals surface area (Å²) in [5, 5.41) is 20.4. The van der Waals surface area contributed by atoms with Crippen LogP contribution in [0.3, 0.4) is 0 Å². The van der Waals surface area contributed by atoms with Gasteiger partial charge in [-0.15, -0.1) is 0 Å². The summed E-state index contributed by atoms with van der Waals surface area (Å²) in [6, 6.07) is 6.37. The summed E-state index contributed by atoms with van der Waals surface area (Å²) in [6.45, 7) is 0. The van der Waals surface area contributed by atoms with Crippen LogP contribution in [0.25, 0.3) is 10.9 Å². The average molecular weight is 257 g/mol. The van der Waals surface area contributed by atoms with Gasteiger partial charge in [0.05, 0.1) is 11.3 Å². The van der Waals surface area contributed by atoms with Gasteiger partial charge in [0.2, 0.25) is 0 Å². The minimum absolute atomic E-state index is 0.0303. The topological polar surface area (TPSA) is 98.3 Å². The Morgan fingerprint density at radius 3 is 2.84 bits per heavy atom. The molecule has 0 aliphatic heterocycles. The van der Waals surface area contributed by atoms with Gasteiger partial charge in [-0.25, -0.2) is 4.99 Å². The highest BCUT2D eigenvalue weighted by Crippen LogP contribution is 2.32. The Kier molecular flexibility index (Phi) is 3.16. The molecule has 1 aromatic carbocycles. The number of nitriles is 1. The highest BCUT2D eigenvalue weighted by molar-refractivity contribution is 5.96. The zero-order chi connectivity index (χ0) is 14.0. The smallest absolute Gasteiger partial charge is 0.270 e. The Balaban J connectivity index is 2.67. The summed E-state index contributed by atoms with van der Waals surface area (Å²) in [4.78, 5) is 19.1. The fraction of sp³-hybridized carbons (Fsp3) is 0.167. The van der Waals surface area contributed by atoms with Crippen LogP contribution in [-0.2, 0) is 0 Å². The van der Waals surface area contributed by atoms with Crippen LogP contribution in [0.4, 0.5) is 11.4 Å². The standard InChI is InChI=1S/C12H11N5O2/c1-16(2)7-14-12-9-5-8(17(18)19)3-4-10(9)15-11(12)6-13/h3-5,7,15H,1-2H3. The molecule has 0 saturated carbocycles. The van der Waals surface area contributed by atoms with E-state index in [0.717, 1.165) is 0 Å². The number of nitro benzene ring substituents is 1. The molecule has 0 unspecified atom stereocenters. The molecule has 19 heavy (non-hydrogen) atoms. The maximum absolute atomic E-state index is 10.8. The Bertz CT molecular complexity index is 709. The SMILES string of the molecule is CN(C)C=Nc1c(C#N)[nH]c2ccc([N+](=O)[O-])cc12. The van der Waals surface area contributed by atoms with Crippen LogP contribution >= 0.6 is 0 Å². The predicted molar refractivity (Wildman–Crippen MR) is 71.5 cm³/mol. The van der Waals surface area contributed by atoms with Crippen molar-refractivity contribution < 1.29 is 4.92 Å². The van der Waals surface area contributed by atoms with Gasteiger partial charge in [-0.2, -0.15) is 5.26 Å². The highest BCUT2D eigenvalue weighted by atomic mass is 16.6. The van der Waals surface area contributed by atoms with Gasteiger partial charge >= 0.3 is 0 Å². The van der Waals surface area contributed by atoms with Gasteiger partial charge in [-0.3, -0.25) is 10.1 Å². The van der Waals surface area contributed by atoms with E-state index in [1.807, 2.05) is 6.07 Å². The highest BCUT2D eigenvalue weighted by Gasteiger charge is 2.14. The molecule has 0 atom stereocenters. The number of nitrogens with one attached hydrogen (secondary N) is 1. The minimum Gasteiger partial charge on any atom is -0.369 e. The number of non-ortho nitro benzene ring substituents is 1. The molecule has 1 N–H and O–H groups in total. The van der Waals surface area contributed by atoms with Gasteiger partial charge in [0.15, 0.2) is 0 Å². The molecular weight excluding hydrogens is 246 g/mol. The van der Waals surface area contributed by atoms with Crippen LogP contribution in [0.5, 0.6) is 0 Å². The third-order valence-electron chi connectivity index (χ3n) is 2.50. The van der Waals surface area contributed by atoms with Gasteiger partial charge in [0, 0.05) is 37.1 Å². The molecule has 96 valence electrons. The van der Waals surface area contributed by atoms with Crippen LogP contribution in [-0.4, -0.2) is 35.2 Å². The van der Waals surface area contributed by atoms with E-state index < -0.39 is 4.92 Å². The van der Waals surface area contributed by atoms with Gasteiger partial charge in [0.25, 0.3) is 5.69 Å². The molecule has 2 aromatic rings. The maximum atomic E-state index is 10.8. The van der Waals surface area contributed by atoms with Gasteiger partial charge in [-0.05, 0) is 6.07 Å². The molecule has 0 spiro atoms. The lowest BCUT2D eigenvalue weighted by Gasteiger charge is -2.01. The van der Waals surface area contributed by atoms with E-state index in [4.69, 9.17) is 5.26 Å². The predicted octanol–water partition coefficient (Wildman–Crippen LogP) is 2.17. The second kappa shape index (κ2) is 4.78. The zero-order valence-corrected chi connectivity index (χ0v) is 10.4. The normalized spacial score (nSPS) is 10.8. The number of aromatic nitrogens is 1. The van der Waals surface area contributed by atoms with Gasteiger partial charge in [-0.1, -0.05) is 0 Å². The first-order valence-electron chi connectivity index (χ1n) is 5.43. The van der Waals surface area contributed by atoms with Crippen molar-refractivity contribution in [3.8, 4) is 6.07 Å². The molecule has 0 amide bonds. The summed E-state index contributed by atoms with van der Waals surface area (Å²) in [6.07, 6.45) is 1.54. The van der Waals surface area contributed by atoms with Crippen molar-refractivity contribution in [2.45, 2.75) is 0 Å². The molecule has 0 saturated heterocycles. The van der Waals surface area contributed by atoms with Crippen LogP contribution < -0.4 is 0 Å². The van der Waals surface area contributed by atoms with E-state index in [1.54, 1.807) is 31.4 Å². The first kappa shape index (κ1) is 12.6. The number of aromatic amines is 1. The van der Waals surface area contributed by atoms with E-state index in [0.29, 0.717) is 16.6 Å². The van der Waals surface area contributed by atoms with Crippen molar-refractivity contribution in [2.75, 3.05) is 14.1 Å². The lowest BCUT2D eigenvalue weighted by molar-refractivity contribution is -0.384. The quantitative estimate of drug-likeness (QED) is 0.394. The summed E-state index contributed by atoms with van der Waals surface area (Å²) >= 11 is 0. The minimum atomic E-state index is -0.474. The number of nitro groups is 1. The third kappa shape index (κ3) is 2.37. The van der Waals surface area contributed by atoms with E-state index in [-0.39, 0.29) is 11.4 Å². The molecule has 0 aliphatic rings. The van der Waals surface area contributed by atoms with Crippen molar-refractivity contribution in [1.82, 2.24) is 9.88 Å². The number of aliphatic imine (C=N–C) groups is 1. The number of fused-ring (bicyclic) bond motifs is 1. The number of H-pyrrole nitrogens is 1. The third-order valence-corrected chi connectivity index (χ3v) is 2.50. The zero-order valence-electron chi connectivity index (χ0n) is 10.4. The van der Waals surface area contributed by atoms with Crippen molar-refractivity contribution in [3.05, 3.63) is 34.0 Å². The average Bonchev–Trinajstić information content (AvgIpc) is 2.72. The molecule has 0 aliphatic carbocycles. The Labute approximate surface area is 108 Å². The molecule has 0 radical (unpaired) electrons. The van der Waals surface area contributed by atoms with E-state index in [2.05, 4.69) is 9.98 Å². The number of rotatable bonds is 3. The molecule has 1 aromatic heterocycles. The lowest BCUT2D eigenvalue weighted by Crippen LogP contribution is -2.07. The number of hydrogen-bond acceptors (Lipinski definition) is 4. The molecular formula is C12H11N5O2. The van der Waals surface area contributed by atoms with Crippen molar-refractivity contribution in [1.29, 1.82) is 5.26 Å². The fourth-order valence-electron chi connectivity index (χ4n) is 1.67. The van der Waals surface area contributed by atoms with Crippen molar-refractivity contribution in [3.63, 3.8) is 0 Å². The van der Waals surface area contributed by atoms with E-state index >= 15 is 0 Å². The second-order valence-electron chi connectivity index (χ2n) is 4.16. The largest absolute Gasteiger partial charge is 0.369 e. The van der Waals surface area contributed by atoms with Gasteiger partial charge in [0.1, 0.15) is 17.5 Å². The summed E-state index contributed by atoms with van der Waals surface area (Å²) in [5.74, 6) is 0. The molecule has 0 bridgehead atoms. The Hall–Kier alpha value is -2.88. The lowest BCUT2D eigenvalue weighted by atomic mass is 10.2. The van der Waals surface area contributed by atoms with Crippen LogP contribution in [0.1, 0.15) is 5.69 Å². The molecule has 7 heteroatoms. The summed E-state index contributed by atoms with van der Waals surface area (Å²) < 4.78 is 0. The fourth-order valence-corrected chi connectivity index (χ4v) is 1.67. The molecule has 0 fully saturated rings. The monoisotopic (exact) mass is 257 g/mol. The van der Waals surface area contributed by atoms with E-state index in [1.165, 1.54) is 12.1 Å². The molecule has 1 heterocycles. The Morgan fingerprint density at radius 2 is 2.26 bits per heavy atom. The second-order valence-corrected chi connectivity index (χ2v) is 4.16. The maximum Gasteiger partial charge on any atom is 0.270 e. The molecule has 7 nitrogen and oxygen atoms in total.